The molecule has 98 valence electrons. The summed E-state index contributed by atoms with van der Waals surface area (Å²) < 4.78 is 0. The number of fused-ring (bicyclic) bond motifs is 1. The molecule has 0 aromatic heterocycles. The van der Waals surface area contributed by atoms with Crippen molar-refractivity contribution in [2.24, 2.45) is 0 Å². The Hall–Kier alpha value is -2.81. The van der Waals surface area contributed by atoms with Crippen molar-refractivity contribution in [3.8, 4) is 5.75 Å². The number of anilines is 1. The summed E-state index contributed by atoms with van der Waals surface area (Å²) >= 11 is 0. The zero-order valence-corrected chi connectivity index (χ0v) is 10.7. The van der Waals surface area contributed by atoms with Crippen molar-refractivity contribution < 1.29 is 9.90 Å². The van der Waals surface area contributed by atoms with Gasteiger partial charge in [-0.25, -0.2) is 0 Å². The van der Waals surface area contributed by atoms with Crippen LogP contribution in [0.25, 0.3) is 10.8 Å². The van der Waals surface area contributed by atoms with E-state index in [2.05, 4.69) is 0 Å². The van der Waals surface area contributed by atoms with Gasteiger partial charge >= 0.3 is 0 Å². The summed E-state index contributed by atoms with van der Waals surface area (Å²) in [5.74, 6) is -0.247. The van der Waals surface area contributed by atoms with E-state index in [0.717, 1.165) is 10.8 Å². The Morgan fingerprint density at radius 3 is 2.55 bits per heavy atom. The van der Waals surface area contributed by atoms with Crippen molar-refractivity contribution in [3.63, 3.8) is 0 Å². The van der Waals surface area contributed by atoms with E-state index in [1.54, 1.807) is 36.4 Å². The van der Waals surface area contributed by atoms with E-state index in [0.29, 0.717) is 16.8 Å². The number of rotatable bonds is 2. The fraction of sp³-hybridized carbons (Fsp3) is 0. The molecule has 0 heterocycles. The third-order valence-corrected chi connectivity index (χ3v) is 3.28. The number of aromatic hydroxyl groups is 1. The molecule has 3 heteroatoms. The van der Waals surface area contributed by atoms with Gasteiger partial charge in [0.05, 0.1) is 5.56 Å². The van der Waals surface area contributed by atoms with Crippen molar-refractivity contribution in [1.82, 2.24) is 0 Å². The van der Waals surface area contributed by atoms with Crippen molar-refractivity contribution in [2.75, 3.05) is 5.73 Å². The number of hydrogen-bond acceptors (Lipinski definition) is 3. The van der Waals surface area contributed by atoms with Crippen LogP contribution in [-0.4, -0.2) is 10.9 Å². The van der Waals surface area contributed by atoms with E-state index in [9.17, 15) is 9.90 Å². The molecule has 0 spiro atoms. The molecular formula is C17H13NO2. The lowest BCUT2D eigenvalue weighted by Gasteiger charge is -2.08. The first kappa shape index (κ1) is 12.2. The lowest BCUT2D eigenvalue weighted by molar-refractivity contribution is 0.103. The summed E-state index contributed by atoms with van der Waals surface area (Å²) in [7, 11) is 0. The second kappa shape index (κ2) is 4.70. The molecule has 3 aromatic rings. The van der Waals surface area contributed by atoms with Gasteiger partial charge in [-0.15, -0.1) is 0 Å². The lowest BCUT2D eigenvalue weighted by atomic mass is 9.96. The van der Waals surface area contributed by atoms with Crippen molar-refractivity contribution in [1.29, 1.82) is 0 Å². The van der Waals surface area contributed by atoms with Crippen LogP contribution in [0, 0.1) is 0 Å². The van der Waals surface area contributed by atoms with Gasteiger partial charge in [0.2, 0.25) is 0 Å². The molecule has 0 aliphatic rings. The molecule has 3 aromatic carbocycles. The number of phenolic OH excluding ortho intramolecular Hbond substituents is 1. The van der Waals surface area contributed by atoms with Gasteiger partial charge in [-0.2, -0.15) is 0 Å². The topological polar surface area (TPSA) is 63.3 Å². The Morgan fingerprint density at radius 1 is 0.950 bits per heavy atom. The predicted octanol–water partition coefficient (Wildman–Crippen LogP) is 3.36. The zero-order valence-electron chi connectivity index (χ0n) is 10.7. The lowest BCUT2D eigenvalue weighted by Crippen LogP contribution is -2.03. The quantitative estimate of drug-likeness (QED) is 0.550. The maximum absolute atomic E-state index is 12.6. The summed E-state index contributed by atoms with van der Waals surface area (Å²) in [6.07, 6.45) is 0. The van der Waals surface area contributed by atoms with E-state index < -0.39 is 0 Å². The van der Waals surface area contributed by atoms with Gasteiger partial charge in [0.25, 0.3) is 0 Å². The molecular weight excluding hydrogens is 250 g/mol. The van der Waals surface area contributed by atoms with E-state index in [1.807, 2.05) is 24.3 Å². The van der Waals surface area contributed by atoms with E-state index in [1.165, 1.54) is 0 Å². The third-order valence-electron chi connectivity index (χ3n) is 3.28. The van der Waals surface area contributed by atoms with E-state index in [-0.39, 0.29) is 11.5 Å². The number of carbonyl (C=O) groups excluding carboxylic acids is 1. The van der Waals surface area contributed by atoms with Crippen LogP contribution >= 0.6 is 0 Å². The van der Waals surface area contributed by atoms with Gasteiger partial charge in [-0.05, 0) is 29.0 Å². The molecule has 20 heavy (non-hydrogen) atoms. The van der Waals surface area contributed by atoms with Crippen molar-refractivity contribution >= 4 is 22.2 Å². The standard InChI is InChI=1S/C17H13NO2/c18-13-6-3-5-12(10-13)17(20)16-14-7-2-1-4-11(14)8-9-15(16)19/h1-10,19H,18H2. The van der Waals surface area contributed by atoms with Crippen LogP contribution in [-0.2, 0) is 0 Å². The Morgan fingerprint density at radius 2 is 1.75 bits per heavy atom. The number of benzene rings is 3. The molecule has 0 bridgehead atoms. The molecule has 3 rings (SSSR count). The minimum atomic E-state index is -0.230. The summed E-state index contributed by atoms with van der Waals surface area (Å²) in [6, 6.07) is 17.6. The number of nitrogens with two attached hydrogens (primary N) is 1. The molecule has 3 nitrogen and oxygen atoms in total. The second-order valence-corrected chi connectivity index (χ2v) is 4.64. The van der Waals surface area contributed by atoms with E-state index >= 15 is 0 Å². The second-order valence-electron chi connectivity index (χ2n) is 4.64. The fourth-order valence-electron chi connectivity index (χ4n) is 2.32. The SMILES string of the molecule is Nc1cccc(C(=O)c2c(O)ccc3ccccc23)c1. The van der Waals surface area contributed by atoms with E-state index in [4.69, 9.17) is 5.73 Å². The number of nitrogen functional groups attached to an aromatic ring is 1. The molecule has 0 radical (unpaired) electrons. The van der Waals surface area contributed by atoms with Crippen LogP contribution in [0.3, 0.4) is 0 Å². The molecule has 0 amide bonds. The third kappa shape index (κ3) is 1.99. The molecule has 0 fully saturated rings. The van der Waals surface area contributed by atoms with Crippen LogP contribution in [0.4, 0.5) is 5.69 Å². The Labute approximate surface area is 116 Å². The molecule has 0 atom stereocenters. The normalized spacial score (nSPS) is 10.6. The number of ketones is 1. The minimum absolute atomic E-state index is 0.0175. The highest BCUT2D eigenvalue weighted by molar-refractivity contribution is 6.18. The van der Waals surface area contributed by atoms with Crippen molar-refractivity contribution in [3.05, 3.63) is 71.8 Å². The minimum Gasteiger partial charge on any atom is -0.507 e. The number of carbonyl (C=O) groups is 1. The molecule has 0 saturated heterocycles. The van der Waals surface area contributed by atoms with Crippen LogP contribution < -0.4 is 5.73 Å². The van der Waals surface area contributed by atoms with Crippen LogP contribution in [0.1, 0.15) is 15.9 Å². The van der Waals surface area contributed by atoms with Crippen LogP contribution in [0.5, 0.6) is 5.75 Å². The van der Waals surface area contributed by atoms with Gasteiger partial charge < -0.3 is 10.8 Å². The van der Waals surface area contributed by atoms with Gasteiger partial charge in [-0.1, -0.05) is 42.5 Å². The maximum atomic E-state index is 12.6. The zero-order chi connectivity index (χ0) is 14.1. The van der Waals surface area contributed by atoms with Gasteiger partial charge in [0, 0.05) is 11.3 Å². The van der Waals surface area contributed by atoms with Crippen molar-refractivity contribution in [2.45, 2.75) is 0 Å². The average Bonchev–Trinajstić information content (AvgIpc) is 2.46. The van der Waals surface area contributed by atoms with Gasteiger partial charge in [-0.3, -0.25) is 4.79 Å². The number of hydrogen-bond donors (Lipinski definition) is 2. The molecule has 3 N–H and O–H groups in total. The fourth-order valence-corrected chi connectivity index (χ4v) is 2.32. The van der Waals surface area contributed by atoms with Gasteiger partial charge in [0.15, 0.2) is 5.78 Å². The van der Waals surface area contributed by atoms with Crippen LogP contribution in [0.15, 0.2) is 60.7 Å². The summed E-state index contributed by atoms with van der Waals surface area (Å²) in [5, 5.41) is 11.7. The monoisotopic (exact) mass is 263 g/mol. The first-order valence-electron chi connectivity index (χ1n) is 6.28. The molecule has 0 saturated carbocycles. The smallest absolute Gasteiger partial charge is 0.197 e. The molecule has 0 aliphatic heterocycles. The number of phenols is 1. The predicted molar refractivity (Wildman–Crippen MR) is 79.9 cm³/mol. The summed E-state index contributed by atoms with van der Waals surface area (Å²) in [4.78, 5) is 12.6. The molecule has 0 unspecified atom stereocenters. The van der Waals surface area contributed by atoms with Crippen LogP contribution in [0.2, 0.25) is 0 Å². The summed E-state index contributed by atoms with van der Waals surface area (Å²) in [5.41, 5.74) is 7.02. The van der Waals surface area contributed by atoms with Gasteiger partial charge in [0.1, 0.15) is 5.75 Å². The Kier molecular flexibility index (Phi) is 2.88. The highest BCUT2D eigenvalue weighted by Crippen LogP contribution is 2.29. The molecule has 0 aliphatic carbocycles. The summed E-state index contributed by atoms with van der Waals surface area (Å²) in [6.45, 7) is 0. The largest absolute Gasteiger partial charge is 0.507 e. The first-order valence-corrected chi connectivity index (χ1v) is 6.28. The highest BCUT2D eigenvalue weighted by atomic mass is 16.3. The Bertz CT molecular complexity index is 809. The highest BCUT2D eigenvalue weighted by Gasteiger charge is 2.17. The Balaban J connectivity index is 2.24. The maximum Gasteiger partial charge on any atom is 0.197 e. The average molecular weight is 263 g/mol. The first-order chi connectivity index (χ1) is 9.66.